The highest BCUT2D eigenvalue weighted by molar-refractivity contribution is 6.07. The third kappa shape index (κ3) is 4.71. The van der Waals surface area contributed by atoms with Crippen LogP contribution in [-0.2, 0) is 4.79 Å². The van der Waals surface area contributed by atoms with E-state index in [9.17, 15) is 9.59 Å². The summed E-state index contributed by atoms with van der Waals surface area (Å²) < 4.78 is 5.11. The quantitative estimate of drug-likeness (QED) is 0.687. The highest BCUT2D eigenvalue weighted by Gasteiger charge is 2.19. The summed E-state index contributed by atoms with van der Waals surface area (Å²) in [6.45, 7) is 4.02. The predicted molar refractivity (Wildman–Crippen MR) is 114 cm³/mol. The van der Waals surface area contributed by atoms with E-state index in [-0.39, 0.29) is 24.3 Å². The first-order chi connectivity index (χ1) is 13.9. The summed E-state index contributed by atoms with van der Waals surface area (Å²) in [5.41, 5.74) is 2.83. The van der Waals surface area contributed by atoms with Crippen LogP contribution in [0.25, 0.3) is 10.9 Å². The maximum absolute atomic E-state index is 13.1. The molecule has 2 aromatic carbocycles. The Kier molecular flexibility index (Phi) is 6.12. The van der Waals surface area contributed by atoms with Crippen LogP contribution in [0.1, 0.15) is 35.8 Å². The van der Waals surface area contributed by atoms with Gasteiger partial charge in [-0.3, -0.25) is 14.6 Å². The van der Waals surface area contributed by atoms with Crippen molar-refractivity contribution in [3.63, 3.8) is 0 Å². The molecule has 0 spiro atoms. The molecule has 0 saturated heterocycles. The first-order valence-electron chi connectivity index (χ1n) is 9.48. The van der Waals surface area contributed by atoms with Gasteiger partial charge in [-0.15, -0.1) is 0 Å². The first kappa shape index (κ1) is 20.3. The van der Waals surface area contributed by atoms with Gasteiger partial charge in [0.1, 0.15) is 5.75 Å². The number of pyridine rings is 1. The van der Waals surface area contributed by atoms with Crippen LogP contribution in [0.15, 0.2) is 54.6 Å². The Morgan fingerprint density at radius 3 is 2.45 bits per heavy atom. The smallest absolute Gasteiger partial charge is 0.254 e. The van der Waals surface area contributed by atoms with E-state index in [4.69, 9.17) is 4.74 Å². The van der Waals surface area contributed by atoms with E-state index in [1.54, 1.807) is 38.4 Å². The molecule has 0 fully saturated rings. The fourth-order valence-electron chi connectivity index (χ4n) is 3.04. The molecule has 0 aliphatic heterocycles. The molecule has 0 bridgehead atoms. The average Bonchev–Trinajstić information content (AvgIpc) is 2.72. The molecule has 1 heterocycles. The Balaban J connectivity index is 1.78. The van der Waals surface area contributed by atoms with Crippen molar-refractivity contribution in [1.82, 2.24) is 9.88 Å². The molecule has 1 aromatic heterocycles. The van der Waals surface area contributed by atoms with Gasteiger partial charge in [0.05, 0.1) is 24.7 Å². The van der Waals surface area contributed by atoms with Gasteiger partial charge < -0.3 is 15.0 Å². The molecule has 150 valence electrons. The number of hydrogen-bond donors (Lipinski definition) is 1. The number of benzene rings is 2. The van der Waals surface area contributed by atoms with Crippen LogP contribution in [0.3, 0.4) is 0 Å². The lowest BCUT2D eigenvalue weighted by molar-refractivity contribution is -0.116. The summed E-state index contributed by atoms with van der Waals surface area (Å²) in [6.07, 6.45) is 0. The highest BCUT2D eigenvalue weighted by Crippen LogP contribution is 2.23. The largest absolute Gasteiger partial charge is 0.497 e. The first-order valence-corrected chi connectivity index (χ1v) is 9.48. The minimum atomic E-state index is -0.270. The molecule has 0 unspecified atom stereocenters. The average molecular weight is 391 g/mol. The van der Waals surface area contributed by atoms with Gasteiger partial charge in [-0.1, -0.05) is 32.0 Å². The van der Waals surface area contributed by atoms with Crippen LogP contribution in [0.4, 0.5) is 5.69 Å². The summed E-state index contributed by atoms with van der Waals surface area (Å²) >= 11 is 0. The molecule has 0 saturated carbocycles. The normalized spacial score (nSPS) is 10.8. The number of methoxy groups -OCH3 is 1. The SMILES string of the molecule is COc1ccc(NC(=O)CN(C)C(=O)c2cc(C(C)C)nc3ccccc23)cc1. The second-order valence-corrected chi connectivity index (χ2v) is 7.20. The Labute approximate surface area is 170 Å². The summed E-state index contributed by atoms with van der Waals surface area (Å²) in [5.74, 6) is 0.416. The van der Waals surface area contributed by atoms with Crippen molar-refractivity contribution >= 4 is 28.4 Å². The molecule has 6 nitrogen and oxygen atoms in total. The molecule has 3 rings (SSSR count). The number of ether oxygens (including phenoxy) is 1. The van der Waals surface area contributed by atoms with Crippen molar-refractivity contribution in [3.05, 3.63) is 65.9 Å². The molecule has 0 aliphatic carbocycles. The zero-order valence-electron chi connectivity index (χ0n) is 17.1. The number of carbonyl (C=O) groups is 2. The Hall–Kier alpha value is -3.41. The number of fused-ring (bicyclic) bond motifs is 1. The van der Waals surface area contributed by atoms with Crippen LogP contribution in [-0.4, -0.2) is 42.4 Å². The second-order valence-electron chi connectivity index (χ2n) is 7.20. The zero-order valence-corrected chi connectivity index (χ0v) is 17.1. The molecular weight excluding hydrogens is 366 g/mol. The van der Waals surface area contributed by atoms with Crippen molar-refractivity contribution in [1.29, 1.82) is 0 Å². The standard InChI is InChI=1S/C23H25N3O3/c1-15(2)21-13-19(18-7-5-6-8-20(18)25-21)23(28)26(3)14-22(27)24-16-9-11-17(29-4)12-10-16/h5-13,15H,14H2,1-4H3,(H,24,27). The van der Waals surface area contributed by atoms with E-state index in [0.29, 0.717) is 17.0 Å². The van der Waals surface area contributed by atoms with E-state index in [2.05, 4.69) is 10.3 Å². The fourth-order valence-corrected chi connectivity index (χ4v) is 3.04. The molecule has 3 aromatic rings. The van der Waals surface area contributed by atoms with Crippen LogP contribution >= 0.6 is 0 Å². The second kappa shape index (κ2) is 8.73. The molecule has 29 heavy (non-hydrogen) atoms. The molecule has 6 heteroatoms. The molecule has 0 radical (unpaired) electrons. The van der Waals surface area contributed by atoms with Crippen LogP contribution in [0, 0.1) is 0 Å². The number of carbonyl (C=O) groups excluding carboxylic acids is 2. The number of rotatable bonds is 6. The lowest BCUT2D eigenvalue weighted by atomic mass is 10.0. The number of para-hydroxylation sites is 1. The molecule has 1 N–H and O–H groups in total. The van der Waals surface area contributed by atoms with Crippen LogP contribution < -0.4 is 10.1 Å². The van der Waals surface area contributed by atoms with Crippen molar-refractivity contribution in [2.24, 2.45) is 0 Å². The van der Waals surface area contributed by atoms with E-state index < -0.39 is 0 Å². The zero-order chi connectivity index (χ0) is 21.0. The Morgan fingerprint density at radius 2 is 1.79 bits per heavy atom. The number of nitrogens with zero attached hydrogens (tertiary/aromatic N) is 2. The molecule has 2 amide bonds. The highest BCUT2D eigenvalue weighted by atomic mass is 16.5. The number of amides is 2. The lowest BCUT2D eigenvalue weighted by Crippen LogP contribution is -2.35. The van der Waals surface area contributed by atoms with Crippen molar-refractivity contribution in [3.8, 4) is 5.75 Å². The van der Waals surface area contributed by atoms with Gasteiger partial charge in [0, 0.05) is 23.8 Å². The summed E-state index contributed by atoms with van der Waals surface area (Å²) in [6, 6.07) is 16.4. The van der Waals surface area contributed by atoms with Crippen LogP contribution in [0.5, 0.6) is 5.75 Å². The summed E-state index contributed by atoms with van der Waals surface area (Å²) in [5, 5.41) is 3.58. The summed E-state index contributed by atoms with van der Waals surface area (Å²) in [7, 11) is 3.21. The third-order valence-corrected chi connectivity index (χ3v) is 4.66. The van der Waals surface area contributed by atoms with E-state index in [1.165, 1.54) is 4.90 Å². The van der Waals surface area contributed by atoms with E-state index in [0.717, 1.165) is 16.6 Å². The molecule has 0 aliphatic rings. The molecular formula is C23H25N3O3. The Bertz CT molecular complexity index is 1030. The van der Waals surface area contributed by atoms with Crippen molar-refractivity contribution in [2.75, 3.05) is 26.0 Å². The van der Waals surface area contributed by atoms with Gasteiger partial charge in [-0.25, -0.2) is 0 Å². The topological polar surface area (TPSA) is 71.5 Å². The van der Waals surface area contributed by atoms with E-state index >= 15 is 0 Å². The summed E-state index contributed by atoms with van der Waals surface area (Å²) in [4.78, 5) is 31.6. The number of nitrogens with one attached hydrogen (secondary N) is 1. The monoisotopic (exact) mass is 391 g/mol. The number of anilines is 1. The number of aromatic nitrogens is 1. The number of hydrogen-bond acceptors (Lipinski definition) is 4. The van der Waals surface area contributed by atoms with E-state index in [1.807, 2.05) is 44.2 Å². The lowest BCUT2D eigenvalue weighted by Gasteiger charge is -2.19. The molecule has 0 atom stereocenters. The Morgan fingerprint density at radius 1 is 1.10 bits per heavy atom. The fraction of sp³-hybridized carbons (Fsp3) is 0.261. The minimum absolute atomic E-state index is 0.0570. The van der Waals surface area contributed by atoms with Crippen LogP contribution in [0.2, 0.25) is 0 Å². The van der Waals surface area contributed by atoms with Gasteiger partial charge in [0.25, 0.3) is 5.91 Å². The third-order valence-electron chi connectivity index (χ3n) is 4.66. The predicted octanol–water partition coefficient (Wildman–Crippen LogP) is 4.08. The van der Waals surface area contributed by atoms with Gasteiger partial charge in [0.15, 0.2) is 0 Å². The number of likely N-dealkylation sites (N-methyl/N-ethyl adjacent to an activating group) is 1. The maximum atomic E-state index is 13.1. The van der Waals surface area contributed by atoms with Gasteiger partial charge in [-0.05, 0) is 42.3 Å². The maximum Gasteiger partial charge on any atom is 0.254 e. The van der Waals surface area contributed by atoms with Gasteiger partial charge in [-0.2, -0.15) is 0 Å². The minimum Gasteiger partial charge on any atom is -0.497 e. The van der Waals surface area contributed by atoms with Gasteiger partial charge in [0.2, 0.25) is 5.91 Å². The van der Waals surface area contributed by atoms with Gasteiger partial charge >= 0.3 is 0 Å². The van der Waals surface area contributed by atoms with Crippen molar-refractivity contribution in [2.45, 2.75) is 19.8 Å². The van der Waals surface area contributed by atoms with Crippen molar-refractivity contribution < 1.29 is 14.3 Å².